The van der Waals surface area contributed by atoms with Gasteiger partial charge < -0.3 is 4.43 Å². The molecule has 1 aromatic rings. The van der Waals surface area contributed by atoms with Gasteiger partial charge in [-0.15, -0.1) is 0 Å². The summed E-state index contributed by atoms with van der Waals surface area (Å²) in [7, 11) is -2.82. The van der Waals surface area contributed by atoms with Gasteiger partial charge in [0.1, 0.15) is 0 Å². The van der Waals surface area contributed by atoms with Crippen molar-refractivity contribution < 1.29 is 8.63 Å². The molecule has 0 aliphatic rings. The van der Waals surface area contributed by atoms with Crippen molar-refractivity contribution in [1.29, 1.82) is 0 Å². The molecule has 28 heavy (non-hydrogen) atoms. The van der Waals surface area contributed by atoms with Crippen LogP contribution < -0.4 is 0 Å². The molecule has 0 spiro atoms. The molecule has 1 unspecified atom stereocenters. The van der Waals surface area contributed by atoms with Crippen molar-refractivity contribution in [3.05, 3.63) is 40.8 Å². The van der Waals surface area contributed by atoms with Gasteiger partial charge in [0.25, 0.3) is 0 Å². The largest absolute Gasteiger partial charge is 0.410 e. The van der Waals surface area contributed by atoms with Crippen LogP contribution in [-0.2, 0) is 15.2 Å². The standard InChI is InChI=1S/C24H42O2SSi/c1-7-12-14-22(20-27(25)23-18-16-21(6)17-19-23)24(15-13-8-2)26-28(9-3,10-4)11-5/h16-20,24H,7-15H2,1-6H3/b22-20-/t24?,27-/m1/s1. The van der Waals surface area contributed by atoms with Gasteiger partial charge in [-0.1, -0.05) is 71.6 Å². The van der Waals surface area contributed by atoms with Gasteiger partial charge in [0.15, 0.2) is 8.32 Å². The van der Waals surface area contributed by atoms with Crippen LogP contribution in [0.25, 0.3) is 0 Å². The topological polar surface area (TPSA) is 26.3 Å². The fourth-order valence-electron chi connectivity index (χ4n) is 3.57. The Morgan fingerprint density at radius 2 is 1.57 bits per heavy atom. The summed E-state index contributed by atoms with van der Waals surface area (Å²) < 4.78 is 20.0. The van der Waals surface area contributed by atoms with Gasteiger partial charge in [-0.2, -0.15) is 0 Å². The van der Waals surface area contributed by atoms with Crippen LogP contribution in [0.15, 0.2) is 40.1 Å². The molecule has 2 nitrogen and oxygen atoms in total. The van der Waals surface area contributed by atoms with E-state index < -0.39 is 19.1 Å². The molecule has 0 fully saturated rings. The molecule has 0 bridgehead atoms. The summed E-state index contributed by atoms with van der Waals surface area (Å²) in [6, 6.07) is 11.5. The molecule has 4 heteroatoms. The minimum atomic E-state index is -1.71. The molecule has 0 saturated heterocycles. The molecule has 0 aliphatic heterocycles. The number of hydrogen-bond donors (Lipinski definition) is 0. The molecule has 0 amide bonds. The first-order valence-electron chi connectivity index (χ1n) is 11.3. The Morgan fingerprint density at radius 3 is 2.07 bits per heavy atom. The first-order valence-corrected chi connectivity index (χ1v) is 15.0. The highest BCUT2D eigenvalue weighted by Crippen LogP contribution is 2.30. The van der Waals surface area contributed by atoms with Gasteiger partial charge in [0, 0.05) is 10.3 Å². The quantitative estimate of drug-likeness (QED) is 0.286. The summed E-state index contributed by atoms with van der Waals surface area (Å²) in [6.45, 7) is 13.4. The number of benzene rings is 1. The van der Waals surface area contributed by atoms with Gasteiger partial charge in [0.05, 0.1) is 16.9 Å². The van der Waals surface area contributed by atoms with Crippen molar-refractivity contribution in [2.45, 2.75) is 109 Å². The zero-order valence-corrected chi connectivity index (χ0v) is 20.9. The second-order valence-corrected chi connectivity index (χ2v) is 13.9. The number of aryl methyl sites for hydroxylation is 1. The van der Waals surface area contributed by atoms with Crippen molar-refractivity contribution in [1.82, 2.24) is 0 Å². The SMILES string of the molecule is CCCC/C(=C/[S@@](=O)c1ccc(C)cc1)C(CCCC)O[Si](CC)(CC)CC. The normalized spacial score (nSPS) is 14.9. The predicted molar refractivity (Wildman–Crippen MR) is 127 cm³/mol. The molecule has 2 atom stereocenters. The van der Waals surface area contributed by atoms with E-state index in [0.29, 0.717) is 0 Å². The molecule has 0 aliphatic carbocycles. The lowest BCUT2D eigenvalue weighted by Gasteiger charge is -2.34. The van der Waals surface area contributed by atoms with E-state index in [1.54, 1.807) is 0 Å². The Balaban J connectivity index is 3.20. The third-order valence-electron chi connectivity index (χ3n) is 5.89. The average Bonchev–Trinajstić information content (AvgIpc) is 2.72. The second kappa shape index (κ2) is 13.5. The molecule has 0 aromatic heterocycles. The van der Waals surface area contributed by atoms with E-state index in [9.17, 15) is 4.21 Å². The lowest BCUT2D eigenvalue weighted by Crippen LogP contribution is -2.40. The Hall–Kier alpha value is -0.713. The highest BCUT2D eigenvalue weighted by molar-refractivity contribution is 7.88. The van der Waals surface area contributed by atoms with Crippen LogP contribution in [0.1, 0.15) is 78.7 Å². The van der Waals surface area contributed by atoms with Crippen molar-refractivity contribution in [2.24, 2.45) is 0 Å². The van der Waals surface area contributed by atoms with Crippen molar-refractivity contribution in [3.63, 3.8) is 0 Å². The molecule has 0 saturated carbocycles. The first-order chi connectivity index (χ1) is 13.4. The highest BCUT2D eigenvalue weighted by atomic mass is 32.2. The van der Waals surface area contributed by atoms with E-state index in [0.717, 1.165) is 55.1 Å². The van der Waals surface area contributed by atoms with Gasteiger partial charge in [-0.05, 0) is 62.0 Å². The van der Waals surface area contributed by atoms with Crippen molar-refractivity contribution in [3.8, 4) is 0 Å². The maximum absolute atomic E-state index is 13.1. The summed E-state index contributed by atoms with van der Waals surface area (Å²) in [6.07, 6.45) is 6.77. The summed E-state index contributed by atoms with van der Waals surface area (Å²) in [5.41, 5.74) is 2.46. The lowest BCUT2D eigenvalue weighted by atomic mass is 10.0. The van der Waals surface area contributed by atoms with Crippen LogP contribution in [0.2, 0.25) is 18.1 Å². The minimum Gasteiger partial charge on any atom is -0.410 e. The Kier molecular flexibility index (Phi) is 12.2. The van der Waals surface area contributed by atoms with Crippen molar-refractivity contribution in [2.75, 3.05) is 0 Å². The average molecular weight is 423 g/mol. The summed E-state index contributed by atoms with van der Waals surface area (Å²) in [5.74, 6) is 0. The van der Waals surface area contributed by atoms with Crippen molar-refractivity contribution >= 4 is 19.1 Å². The second-order valence-electron chi connectivity index (χ2n) is 7.90. The monoisotopic (exact) mass is 422 g/mol. The molecule has 1 rings (SSSR count). The molecule has 160 valence electrons. The zero-order valence-electron chi connectivity index (χ0n) is 19.1. The molecule has 0 N–H and O–H groups in total. The lowest BCUT2D eigenvalue weighted by molar-refractivity contribution is 0.203. The smallest absolute Gasteiger partial charge is 0.192 e. The van der Waals surface area contributed by atoms with E-state index in [-0.39, 0.29) is 6.10 Å². The van der Waals surface area contributed by atoms with E-state index in [4.69, 9.17) is 4.43 Å². The fourth-order valence-corrected chi connectivity index (χ4v) is 7.52. The molecule has 0 heterocycles. The third-order valence-corrected chi connectivity index (χ3v) is 11.8. The number of hydrogen-bond acceptors (Lipinski definition) is 2. The maximum Gasteiger partial charge on any atom is 0.192 e. The summed E-state index contributed by atoms with van der Waals surface area (Å²) in [5, 5.41) is 2.01. The van der Waals surface area contributed by atoms with E-state index in [1.165, 1.54) is 17.6 Å². The Labute approximate surface area is 177 Å². The zero-order chi connectivity index (χ0) is 21.0. The summed E-state index contributed by atoms with van der Waals surface area (Å²) in [4.78, 5) is 0.888. The molecule has 1 aromatic carbocycles. The molecular formula is C24H42O2SSi. The van der Waals surface area contributed by atoms with Crippen LogP contribution in [0.5, 0.6) is 0 Å². The maximum atomic E-state index is 13.1. The van der Waals surface area contributed by atoms with Gasteiger partial charge >= 0.3 is 0 Å². The van der Waals surface area contributed by atoms with Crippen LogP contribution >= 0.6 is 0 Å². The Morgan fingerprint density at radius 1 is 1.00 bits per heavy atom. The van der Waals surface area contributed by atoms with Crippen LogP contribution in [-0.4, -0.2) is 18.6 Å². The molecular weight excluding hydrogens is 380 g/mol. The van der Waals surface area contributed by atoms with E-state index >= 15 is 0 Å². The first kappa shape index (κ1) is 25.3. The predicted octanol–water partition coefficient (Wildman–Crippen LogP) is 7.76. The summed E-state index contributed by atoms with van der Waals surface area (Å²) >= 11 is 0. The fraction of sp³-hybridized carbons (Fsp3) is 0.667. The minimum absolute atomic E-state index is 0.132. The van der Waals surface area contributed by atoms with Crippen LogP contribution in [0.4, 0.5) is 0 Å². The molecule has 0 radical (unpaired) electrons. The number of rotatable bonds is 14. The van der Waals surface area contributed by atoms with Gasteiger partial charge in [-0.25, -0.2) is 4.21 Å². The van der Waals surface area contributed by atoms with Crippen LogP contribution in [0.3, 0.4) is 0 Å². The van der Waals surface area contributed by atoms with Gasteiger partial charge in [-0.3, -0.25) is 0 Å². The third kappa shape index (κ3) is 7.96. The highest BCUT2D eigenvalue weighted by Gasteiger charge is 2.33. The van der Waals surface area contributed by atoms with E-state index in [2.05, 4.69) is 41.5 Å². The van der Waals surface area contributed by atoms with E-state index in [1.807, 2.05) is 29.7 Å². The van der Waals surface area contributed by atoms with Gasteiger partial charge in [0.2, 0.25) is 0 Å². The number of unbranched alkanes of at least 4 members (excludes halogenated alkanes) is 2. The Bertz CT molecular complexity index is 597. The van der Waals surface area contributed by atoms with Crippen LogP contribution in [0, 0.1) is 6.92 Å².